The van der Waals surface area contributed by atoms with Gasteiger partial charge in [0, 0.05) is 11.5 Å². The molecule has 0 unspecified atom stereocenters. The smallest absolute Gasteiger partial charge is 0.182 e. The maximum atomic E-state index is 14.0. The highest BCUT2D eigenvalue weighted by atomic mass is 16.2. The fraction of sp³-hybridized carbons (Fsp3) is 0.250. The molecule has 5 rings (SSSR count). The van der Waals surface area contributed by atoms with E-state index in [4.69, 9.17) is 0 Å². The number of benzene rings is 2. The first-order valence-electron chi connectivity index (χ1n) is 12.2. The van der Waals surface area contributed by atoms with Crippen LogP contribution in [0.25, 0.3) is 6.08 Å². The number of ketones is 4. The van der Waals surface area contributed by atoms with Gasteiger partial charge in [-0.05, 0) is 74.3 Å². The van der Waals surface area contributed by atoms with Crippen LogP contribution in [0, 0.1) is 44.9 Å². The van der Waals surface area contributed by atoms with Crippen LogP contribution in [0.4, 0.5) is 0 Å². The summed E-state index contributed by atoms with van der Waals surface area (Å²) in [5, 5.41) is 0. The summed E-state index contributed by atoms with van der Waals surface area (Å²) in [5.41, 5.74) is 4.88. The van der Waals surface area contributed by atoms with Crippen LogP contribution < -0.4 is 0 Å². The largest absolute Gasteiger partial charge is 0.294 e. The van der Waals surface area contributed by atoms with E-state index in [0.717, 1.165) is 33.4 Å². The molecule has 0 aromatic heterocycles. The molecule has 4 heteroatoms. The molecule has 36 heavy (non-hydrogen) atoms. The second-order valence-electron chi connectivity index (χ2n) is 10.2. The molecule has 3 aliphatic rings. The van der Waals surface area contributed by atoms with E-state index in [0.29, 0.717) is 5.57 Å². The Labute approximate surface area is 211 Å². The first-order chi connectivity index (χ1) is 17.1. The molecule has 3 aliphatic carbocycles. The molecule has 0 aliphatic heterocycles. The SMILES string of the molecule is Cc1ccc(C)c(/C=C/[C@@]23C(=O)C=CC(=O)[C@@H]2[C@@H]2C(=O)C=CC(=O)C2=C[C@@H]3c2cc(C)ccc2C)c1. The Morgan fingerprint density at radius 3 is 2.17 bits per heavy atom. The van der Waals surface area contributed by atoms with Gasteiger partial charge in [0.1, 0.15) is 0 Å². The van der Waals surface area contributed by atoms with Gasteiger partial charge in [-0.15, -0.1) is 0 Å². The Hall–Kier alpha value is -3.92. The average molecular weight is 477 g/mol. The zero-order valence-corrected chi connectivity index (χ0v) is 20.9. The summed E-state index contributed by atoms with van der Waals surface area (Å²) in [6.45, 7) is 7.94. The molecule has 0 saturated heterocycles. The lowest BCUT2D eigenvalue weighted by atomic mass is 9.49. The molecule has 4 nitrogen and oxygen atoms in total. The zero-order valence-electron chi connectivity index (χ0n) is 20.9. The Bertz CT molecular complexity index is 1460. The van der Waals surface area contributed by atoms with Gasteiger partial charge in [-0.25, -0.2) is 0 Å². The Morgan fingerprint density at radius 1 is 0.750 bits per heavy atom. The van der Waals surface area contributed by atoms with Crippen molar-refractivity contribution in [3.63, 3.8) is 0 Å². The third-order valence-electron chi connectivity index (χ3n) is 7.91. The van der Waals surface area contributed by atoms with Crippen molar-refractivity contribution in [3.05, 3.63) is 112 Å². The second-order valence-corrected chi connectivity index (χ2v) is 10.2. The lowest BCUT2D eigenvalue weighted by Gasteiger charge is -2.49. The Morgan fingerprint density at radius 2 is 1.42 bits per heavy atom. The monoisotopic (exact) mass is 476 g/mol. The molecule has 0 saturated carbocycles. The summed E-state index contributed by atoms with van der Waals surface area (Å²) in [7, 11) is 0. The van der Waals surface area contributed by atoms with Crippen molar-refractivity contribution >= 4 is 29.2 Å². The Balaban J connectivity index is 1.84. The van der Waals surface area contributed by atoms with Crippen LogP contribution in [0.2, 0.25) is 0 Å². The normalized spacial score (nSPS) is 27.3. The number of hydrogen-bond acceptors (Lipinski definition) is 4. The minimum atomic E-state index is -1.34. The molecular formula is C32H28O4. The summed E-state index contributed by atoms with van der Waals surface area (Å²) >= 11 is 0. The predicted octanol–water partition coefficient (Wildman–Crippen LogP) is 5.29. The van der Waals surface area contributed by atoms with Gasteiger partial charge in [-0.2, -0.15) is 0 Å². The molecule has 0 fully saturated rings. The minimum absolute atomic E-state index is 0.232. The van der Waals surface area contributed by atoms with E-state index in [1.54, 1.807) is 6.08 Å². The Kier molecular flexibility index (Phi) is 5.71. The quantitative estimate of drug-likeness (QED) is 0.604. The first kappa shape index (κ1) is 23.8. The van der Waals surface area contributed by atoms with Crippen LogP contribution in [0.5, 0.6) is 0 Å². The molecule has 0 heterocycles. The van der Waals surface area contributed by atoms with Gasteiger partial charge in [0.2, 0.25) is 0 Å². The van der Waals surface area contributed by atoms with Crippen molar-refractivity contribution in [2.24, 2.45) is 17.3 Å². The van der Waals surface area contributed by atoms with Crippen LogP contribution in [0.1, 0.15) is 39.3 Å². The van der Waals surface area contributed by atoms with Crippen molar-refractivity contribution in [1.29, 1.82) is 0 Å². The molecular weight excluding hydrogens is 448 g/mol. The molecule has 0 radical (unpaired) electrons. The number of carbonyl (C=O) groups excluding carboxylic acids is 4. The van der Waals surface area contributed by atoms with Crippen LogP contribution in [0.15, 0.2) is 78.4 Å². The predicted molar refractivity (Wildman–Crippen MR) is 139 cm³/mol. The topological polar surface area (TPSA) is 68.3 Å². The van der Waals surface area contributed by atoms with Gasteiger partial charge in [0.15, 0.2) is 23.1 Å². The average Bonchev–Trinajstić information content (AvgIpc) is 2.85. The molecule has 2 aromatic rings. The van der Waals surface area contributed by atoms with E-state index in [1.807, 2.05) is 76.2 Å². The van der Waals surface area contributed by atoms with Crippen LogP contribution in [-0.2, 0) is 19.2 Å². The van der Waals surface area contributed by atoms with E-state index < -0.39 is 23.2 Å². The number of rotatable bonds is 3. The maximum absolute atomic E-state index is 14.0. The molecule has 4 atom stereocenters. The van der Waals surface area contributed by atoms with E-state index in [-0.39, 0.29) is 23.1 Å². The van der Waals surface area contributed by atoms with Gasteiger partial charge in [-0.1, -0.05) is 65.8 Å². The highest BCUT2D eigenvalue weighted by molar-refractivity contribution is 6.21. The molecule has 0 spiro atoms. The van der Waals surface area contributed by atoms with Gasteiger partial charge >= 0.3 is 0 Å². The van der Waals surface area contributed by atoms with E-state index in [1.165, 1.54) is 24.3 Å². The third-order valence-corrected chi connectivity index (χ3v) is 7.91. The highest BCUT2D eigenvalue weighted by Crippen LogP contribution is 2.57. The van der Waals surface area contributed by atoms with Crippen LogP contribution >= 0.6 is 0 Å². The molecule has 0 bridgehead atoms. The van der Waals surface area contributed by atoms with Crippen molar-refractivity contribution in [3.8, 4) is 0 Å². The van der Waals surface area contributed by atoms with Gasteiger partial charge < -0.3 is 0 Å². The van der Waals surface area contributed by atoms with Gasteiger partial charge in [0.05, 0.1) is 17.3 Å². The lowest BCUT2D eigenvalue weighted by molar-refractivity contribution is -0.140. The summed E-state index contributed by atoms with van der Waals surface area (Å²) in [6.07, 6.45) is 10.7. The van der Waals surface area contributed by atoms with Crippen molar-refractivity contribution in [2.75, 3.05) is 0 Å². The number of hydrogen-bond donors (Lipinski definition) is 0. The summed E-state index contributed by atoms with van der Waals surface area (Å²) < 4.78 is 0. The molecule has 0 amide bonds. The number of carbonyl (C=O) groups is 4. The molecule has 0 N–H and O–H groups in total. The number of aryl methyl sites for hydroxylation is 4. The lowest BCUT2D eigenvalue weighted by Crippen LogP contribution is -2.55. The van der Waals surface area contributed by atoms with E-state index >= 15 is 0 Å². The van der Waals surface area contributed by atoms with Crippen LogP contribution in [-0.4, -0.2) is 23.1 Å². The number of allylic oxidation sites excluding steroid dienone is 7. The second kappa shape index (κ2) is 8.63. The first-order valence-corrected chi connectivity index (χ1v) is 12.2. The summed E-state index contributed by atoms with van der Waals surface area (Å²) in [4.78, 5) is 53.7. The van der Waals surface area contributed by atoms with Crippen molar-refractivity contribution < 1.29 is 19.2 Å². The standard InChI is InChI=1S/C32H28O4/c1-18-5-7-20(3)22(15-18)13-14-32-25(23-16-19(2)6-8-21(23)4)17-24-26(33)9-10-27(34)30(24)31(32)28(35)11-12-29(32)36/h5-17,25,30-31H,1-4H3/b14-13+/t25-,30+,31-,32-/m1/s1. The van der Waals surface area contributed by atoms with Crippen molar-refractivity contribution in [1.82, 2.24) is 0 Å². The molecule has 180 valence electrons. The molecule has 2 aromatic carbocycles. The van der Waals surface area contributed by atoms with Gasteiger partial charge in [-0.3, -0.25) is 19.2 Å². The third kappa shape index (κ3) is 3.60. The summed E-state index contributed by atoms with van der Waals surface area (Å²) in [6, 6.07) is 12.1. The maximum Gasteiger partial charge on any atom is 0.182 e. The van der Waals surface area contributed by atoms with Crippen molar-refractivity contribution in [2.45, 2.75) is 33.6 Å². The van der Waals surface area contributed by atoms with E-state index in [2.05, 4.69) is 0 Å². The van der Waals surface area contributed by atoms with E-state index in [9.17, 15) is 19.2 Å². The van der Waals surface area contributed by atoms with Gasteiger partial charge in [0.25, 0.3) is 0 Å². The van der Waals surface area contributed by atoms with Crippen LogP contribution in [0.3, 0.4) is 0 Å². The minimum Gasteiger partial charge on any atom is -0.294 e. The highest BCUT2D eigenvalue weighted by Gasteiger charge is 2.60. The number of fused-ring (bicyclic) bond motifs is 3. The fourth-order valence-corrected chi connectivity index (χ4v) is 5.99. The zero-order chi connectivity index (χ0) is 25.8. The fourth-order valence-electron chi connectivity index (χ4n) is 5.99. The summed E-state index contributed by atoms with van der Waals surface area (Å²) in [5.74, 6) is -3.69.